The summed E-state index contributed by atoms with van der Waals surface area (Å²) in [5, 5.41) is 8.91. The first-order valence-corrected chi connectivity index (χ1v) is 7.43. The molecule has 0 saturated carbocycles. The molecular formula is C12H15NO6S. The molecule has 1 heterocycles. The maximum Gasteiger partial charge on any atom is 0.307 e. The third-order valence-corrected chi connectivity index (χ3v) is 4.65. The van der Waals surface area contributed by atoms with Gasteiger partial charge in [0, 0.05) is 6.54 Å². The number of nitrogens with zero attached hydrogens (tertiary/aromatic N) is 1. The van der Waals surface area contributed by atoms with E-state index >= 15 is 0 Å². The van der Waals surface area contributed by atoms with E-state index in [0.717, 1.165) is 4.47 Å². The molecule has 20 heavy (non-hydrogen) atoms. The monoisotopic (exact) mass is 301 g/mol. The van der Waals surface area contributed by atoms with Crippen LogP contribution in [0.2, 0.25) is 0 Å². The molecule has 8 heteroatoms. The Morgan fingerprint density at radius 1 is 1.50 bits per heavy atom. The summed E-state index contributed by atoms with van der Waals surface area (Å²) in [5.41, 5.74) is 0.173. The lowest BCUT2D eigenvalue weighted by molar-refractivity contribution is -0.136. The van der Waals surface area contributed by atoms with Gasteiger partial charge in [-0.1, -0.05) is 4.47 Å². The summed E-state index contributed by atoms with van der Waals surface area (Å²) in [6.07, 6.45) is 0.212. The minimum Gasteiger partial charge on any atom is -0.497 e. The van der Waals surface area contributed by atoms with E-state index in [0.29, 0.717) is 18.8 Å². The molecule has 0 spiro atoms. The highest BCUT2D eigenvalue weighted by molar-refractivity contribution is 7.89. The molecule has 0 aliphatic carbocycles. The van der Waals surface area contributed by atoms with Gasteiger partial charge in [-0.15, -0.1) is 0 Å². The van der Waals surface area contributed by atoms with Crippen LogP contribution in [0.25, 0.3) is 0 Å². The van der Waals surface area contributed by atoms with Gasteiger partial charge in [0.05, 0.1) is 25.0 Å². The number of hydrogen-bond donors (Lipinski definition) is 1. The predicted octanol–water partition coefficient (Wildman–Crippen LogP) is 0.648. The molecule has 1 fully saturated rings. The van der Waals surface area contributed by atoms with E-state index in [2.05, 4.69) is 0 Å². The molecule has 0 amide bonds. The van der Waals surface area contributed by atoms with Crippen molar-refractivity contribution in [3.63, 3.8) is 0 Å². The Labute approximate surface area is 116 Å². The van der Waals surface area contributed by atoms with Crippen molar-refractivity contribution < 1.29 is 27.9 Å². The Kier molecular flexibility index (Phi) is 4.26. The number of ether oxygens (including phenoxy) is 1. The zero-order valence-corrected chi connectivity index (χ0v) is 11.7. The van der Waals surface area contributed by atoms with Crippen molar-refractivity contribution in [2.75, 3.05) is 20.3 Å². The number of carboxylic acid groups (broad SMARTS) is 1. The van der Waals surface area contributed by atoms with Gasteiger partial charge in [-0.2, -0.15) is 0 Å². The SMILES string of the molecule is COc1ccc(S(=O)(=O)N2CCCO2)c(CC(=O)O)c1. The lowest BCUT2D eigenvalue weighted by atomic mass is 10.1. The van der Waals surface area contributed by atoms with Gasteiger partial charge in [0.1, 0.15) is 5.75 Å². The standard InChI is InChI=1S/C12H15NO6S/c1-18-10-3-4-11(9(7-10)8-12(14)15)20(16,17)13-5-2-6-19-13/h3-4,7H,2,5-6,8H2,1H3,(H,14,15). The van der Waals surface area contributed by atoms with Crippen molar-refractivity contribution in [3.05, 3.63) is 23.8 Å². The molecule has 1 saturated heterocycles. The minimum atomic E-state index is -3.85. The second kappa shape index (κ2) is 5.78. The Bertz CT molecular complexity index is 606. The van der Waals surface area contributed by atoms with Gasteiger partial charge in [-0.05, 0) is 30.2 Å². The van der Waals surface area contributed by atoms with Gasteiger partial charge in [0.25, 0.3) is 10.0 Å². The number of methoxy groups -OCH3 is 1. The van der Waals surface area contributed by atoms with Gasteiger partial charge >= 0.3 is 5.97 Å². The smallest absolute Gasteiger partial charge is 0.307 e. The van der Waals surface area contributed by atoms with E-state index in [4.69, 9.17) is 14.7 Å². The second-order valence-corrected chi connectivity index (χ2v) is 6.06. The number of carbonyl (C=O) groups is 1. The largest absolute Gasteiger partial charge is 0.497 e. The first-order chi connectivity index (χ1) is 9.45. The Hall–Kier alpha value is -1.64. The third kappa shape index (κ3) is 2.92. The molecule has 1 aromatic carbocycles. The maximum atomic E-state index is 12.4. The van der Waals surface area contributed by atoms with Crippen LogP contribution in [0, 0.1) is 0 Å². The number of sulfonamides is 1. The van der Waals surface area contributed by atoms with E-state index in [9.17, 15) is 13.2 Å². The van der Waals surface area contributed by atoms with Crippen molar-refractivity contribution in [1.29, 1.82) is 0 Å². The van der Waals surface area contributed by atoms with E-state index in [1.165, 1.54) is 25.3 Å². The van der Waals surface area contributed by atoms with Crippen molar-refractivity contribution in [3.8, 4) is 5.75 Å². The van der Waals surface area contributed by atoms with Crippen molar-refractivity contribution in [2.45, 2.75) is 17.7 Å². The molecule has 2 rings (SSSR count). The van der Waals surface area contributed by atoms with Gasteiger partial charge < -0.3 is 9.84 Å². The van der Waals surface area contributed by atoms with E-state index in [1.54, 1.807) is 0 Å². The molecule has 1 aromatic rings. The first-order valence-electron chi connectivity index (χ1n) is 5.99. The van der Waals surface area contributed by atoms with Crippen LogP contribution < -0.4 is 4.74 Å². The van der Waals surface area contributed by atoms with Crippen LogP contribution in [0.15, 0.2) is 23.1 Å². The second-order valence-electron chi connectivity index (χ2n) is 4.26. The quantitative estimate of drug-likeness (QED) is 0.858. The number of hydroxylamine groups is 1. The topological polar surface area (TPSA) is 93.1 Å². The molecule has 1 N–H and O–H groups in total. The van der Waals surface area contributed by atoms with Crippen LogP contribution >= 0.6 is 0 Å². The van der Waals surface area contributed by atoms with Crippen molar-refractivity contribution >= 4 is 16.0 Å². The fraction of sp³-hybridized carbons (Fsp3) is 0.417. The van der Waals surface area contributed by atoms with Crippen LogP contribution in [0.5, 0.6) is 5.75 Å². The molecule has 1 aliphatic heterocycles. The van der Waals surface area contributed by atoms with Gasteiger partial charge in [-0.25, -0.2) is 8.42 Å². The van der Waals surface area contributed by atoms with Gasteiger partial charge in [-0.3, -0.25) is 9.63 Å². The molecular weight excluding hydrogens is 286 g/mol. The molecule has 7 nitrogen and oxygen atoms in total. The summed E-state index contributed by atoms with van der Waals surface area (Å²) in [7, 11) is -2.42. The van der Waals surface area contributed by atoms with Crippen LogP contribution in [-0.2, 0) is 26.1 Å². The van der Waals surface area contributed by atoms with Gasteiger partial charge in [0.15, 0.2) is 0 Å². The normalized spacial score (nSPS) is 16.2. The average molecular weight is 301 g/mol. The zero-order valence-electron chi connectivity index (χ0n) is 10.9. The summed E-state index contributed by atoms with van der Waals surface area (Å²) in [4.78, 5) is 15.9. The lowest BCUT2D eigenvalue weighted by Crippen LogP contribution is -2.28. The summed E-state index contributed by atoms with van der Waals surface area (Å²) >= 11 is 0. The molecule has 0 atom stereocenters. The Morgan fingerprint density at radius 3 is 2.80 bits per heavy atom. The highest BCUT2D eigenvalue weighted by Crippen LogP contribution is 2.27. The fourth-order valence-corrected chi connectivity index (χ4v) is 3.46. The molecule has 0 unspecified atom stereocenters. The number of carboxylic acids is 1. The highest BCUT2D eigenvalue weighted by atomic mass is 32.2. The molecule has 110 valence electrons. The summed E-state index contributed by atoms with van der Waals surface area (Å²) in [5.74, 6) is -0.709. The zero-order chi connectivity index (χ0) is 14.8. The van der Waals surface area contributed by atoms with Crippen molar-refractivity contribution in [1.82, 2.24) is 4.47 Å². The van der Waals surface area contributed by atoms with Crippen LogP contribution in [-0.4, -0.2) is 44.2 Å². The average Bonchev–Trinajstić information content (AvgIpc) is 2.92. The molecule has 0 radical (unpaired) electrons. The number of hydrogen-bond acceptors (Lipinski definition) is 5. The summed E-state index contributed by atoms with van der Waals surface area (Å²) in [6.45, 7) is 0.602. The lowest BCUT2D eigenvalue weighted by Gasteiger charge is -2.17. The maximum absolute atomic E-state index is 12.4. The number of rotatable bonds is 5. The predicted molar refractivity (Wildman–Crippen MR) is 68.8 cm³/mol. The fourth-order valence-electron chi connectivity index (χ4n) is 1.96. The molecule has 1 aliphatic rings. The summed E-state index contributed by atoms with van der Waals surface area (Å²) < 4.78 is 30.7. The molecule has 0 aromatic heterocycles. The number of aliphatic carboxylic acids is 1. The van der Waals surface area contributed by atoms with Crippen LogP contribution in [0.1, 0.15) is 12.0 Å². The van der Waals surface area contributed by atoms with Crippen LogP contribution in [0.3, 0.4) is 0 Å². The minimum absolute atomic E-state index is 0.0670. The first kappa shape index (κ1) is 14.8. The van der Waals surface area contributed by atoms with E-state index < -0.39 is 22.4 Å². The third-order valence-electron chi connectivity index (χ3n) is 2.88. The Balaban J connectivity index is 2.46. The van der Waals surface area contributed by atoms with E-state index in [-0.39, 0.29) is 17.0 Å². The number of benzene rings is 1. The van der Waals surface area contributed by atoms with Crippen molar-refractivity contribution in [2.24, 2.45) is 0 Å². The summed E-state index contributed by atoms with van der Waals surface area (Å²) in [6, 6.07) is 4.24. The van der Waals surface area contributed by atoms with Crippen LogP contribution in [0.4, 0.5) is 0 Å². The molecule has 0 bridgehead atoms. The Morgan fingerprint density at radius 2 is 2.25 bits per heavy atom. The highest BCUT2D eigenvalue weighted by Gasteiger charge is 2.31. The van der Waals surface area contributed by atoms with E-state index in [1.807, 2.05) is 0 Å². The van der Waals surface area contributed by atoms with Gasteiger partial charge in [0.2, 0.25) is 0 Å².